The number of hydrogen-bond acceptors (Lipinski definition) is 5. The minimum absolute atomic E-state index is 0.00636. The van der Waals surface area contributed by atoms with E-state index in [1.165, 1.54) is 17.4 Å². The van der Waals surface area contributed by atoms with E-state index in [4.69, 9.17) is 9.84 Å². The topological polar surface area (TPSA) is 83.8 Å². The monoisotopic (exact) mass is 515 g/mol. The summed E-state index contributed by atoms with van der Waals surface area (Å²) in [4.78, 5) is 20.0. The Hall–Kier alpha value is -4.57. The fourth-order valence-electron chi connectivity index (χ4n) is 4.18. The van der Waals surface area contributed by atoms with Crippen LogP contribution in [-0.2, 0) is 4.79 Å². The molecule has 0 fully saturated rings. The molecule has 5 aromatic rings. The molecule has 0 aliphatic carbocycles. The number of carbonyl (C=O) groups is 1. The number of aromatic amines is 1. The number of H-pyrrole nitrogens is 1. The van der Waals surface area contributed by atoms with Crippen molar-refractivity contribution in [2.24, 2.45) is 10.1 Å². The number of carbonyl (C=O) groups excluding carboxylic acids is 1. The van der Waals surface area contributed by atoms with Crippen molar-refractivity contribution in [2.45, 2.75) is 6.92 Å². The van der Waals surface area contributed by atoms with Crippen molar-refractivity contribution in [3.8, 4) is 17.0 Å². The van der Waals surface area contributed by atoms with Crippen molar-refractivity contribution in [2.75, 3.05) is 11.9 Å². The van der Waals surface area contributed by atoms with Crippen LogP contribution in [-0.4, -0.2) is 28.4 Å². The first-order valence-electron chi connectivity index (χ1n) is 11.4. The number of aromatic nitrogens is 2. The third kappa shape index (κ3) is 4.31. The van der Waals surface area contributed by atoms with Gasteiger partial charge in [0.05, 0.1) is 17.6 Å². The number of rotatable bonds is 4. The van der Waals surface area contributed by atoms with Gasteiger partial charge in [0.2, 0.25) is 4.80 Å². The number of para-hydroxylation sites is 1. The smallest absolute Gasteiger partial charge is 0.262 e. The van der Waals surface area contributed by atoms with Crippen LogP contribution in [0.3, 0.4) is 0 Å². The zero-order valence-electron chi connectivity index (χ0n) is 19.5. The minimum atomic E-state index is -0.772. The molecule has 37 heavy (non-hydrogen) atoms. The van der Waals surface area contributed by atoms with Crippen molar-refractivity contribution in [3.63, 3.8) is 0 Å². The molecule has 3 heterocycles. The van der Waals surface area contributed by atoms with Crippen molar-refractivity contribution >= 4 is 45.7 Å². The summed E-state index contributed by atoms with van der Waals surface area (Å²) in [5, 5.41) is 10.4. The summed E-state index contributed by atoms with van der Waals surface area (Å²) in [5.41, 5.74) is 4.79. The number of ether oxygens (including phenoxy) is 1. The molecule has 184 valence electrons. The second kappa shape index (κ2) is 9.14. The average molecular weight is 516 g/mol. The number of hydrogen-bond donors (Lipinski definition) is 2. The number of aryl methyl sites for hydroxylation is 1. The van der Waals surface area contributed by atoms with Crippen LogP contribution in [0, 0.1) is 18.6 Å². The molecule has 0 atom stereocenters. The molecule has 2 N–H and O–H groups in total. The maximum atomic E-state index is 14.4. The van der Waals surface area contributed by atoms with E-state index in [1.54, 1.807) is 23.0 Å². The van der Waals surface area contributed by atoms with Crippen LogP contribution in [0.2, 0.25) is 0 Å². The molecular weight excluding hydrogens is 496 g/mol. The van der Waals surface area contributed by atoms with E-state index in [1.807, 2.05) is 42.6 Å². The average Bonchev–Trinajstić information content (AvgIpc) is 3.43. The zero-order chi connectivity index (χ0) is 25.5. The number of anilines is 1. The highest BCUT2D eigenvalue weighted by Crippen LogP contribution is 2.33. The van der Waals surface area contributed by atoms with Crippen LogP contribution in [0.5, 0.6) is 5.75 Å². The van der Waals surface area contributed by atoms with Crippen LogP contribution < -0.4 is 14.9 Å². The summed E-state index contributed by atoms with van der Waals surface area (Å²) in [7, 11) is 0. The number of amides is 1. The molecule has 0 bridgehead atoms. The van der Waals surface area contributed by atoms with Gasteiger partial charge in [0.15, 0.2) is 12.4 Å². The first-order valence-corrected chi connectivity index (χ1v) is 12.2. The zero-order valence-corrected chi connectivity index (χ0v) is 20.3. The number of nitrogens with zero attached hydrogens (tertiary/aromatic N) is 3. The van der Waals surface area contributed by atoms with Crippen LogP contribution >= 0.6 is 11.3 Å². The predicted molar refractivity (Wildman–Crippen MR) is 139 cm³/mol. The summed E-state index contributed by atoms with van der Waals surface area (Å²) in [6, 6.07) is 16.6. The maximum absolute atomic E-state index is 14.4. The van der Waals surface area contributed by atoms with E-state index in [2.05, 4.69) is 15.3 Å². The lowest BCUT2D eigenvalue weighted by Crippen LogP contribution is -2.25. The molecule has 6 rings (SSSR count). The highest BCUT2D eigenvalue weighted by molar-refractivity contribution is 7.07. The predicted octanol–water partition coefficient (Wildman–Crippen LogP) is 5.73. The van der Waals surface area contributed by atoms with Crippen molar-refractivity contribution in [3.05, 3.63) is 93.7 Å². The molecule has 1 aliphatic heterocycles. The molecule has 2 aromatic heterocycles. The summed E-state index contributed by atoms with van der Waals surface area (Å²) in [6.45, 7) is 1.93. The molecule has 1 amide bonds. The quantitative estimate of drug-likeness (QED) is 0.300. The molecule has 1 aliphatic rings. The molecule has 0 saturated carbocycles. The van der Waals surface area contributed by atoms with Gasteiger partial charge in [0.1, 0.15) is 17.3 Å². The Bertz CT molecular complexity index is 1780. The van der Waals surface area contributed by atoms with Gasteiger partial charge >= 0.3 is 0 Å². The van der Waals surface area contributed by atoms with Crippen LogP contribution in [0.15, 0.2) is 76.1 Å². The molecule has 7 nitrogen and oxygen atoms in total. The van der Waals surface area contributed by atoms with Crippen LogP contribution in [0.1, 0.15) is 11.3 Å². The van der Waals surface area contributed by atoms with Gasteiger partial charge in [-0.3, -0.25) is 4.79 Å². The minimum Gasteiger partial charge on any atom is -0.482 e. The van der Waals surface area contributed by atoms with E-state index >= 15 is 0 Å². The van der Waals surface area contributed by atoms with Crippen molar-refractivity contribution < 1.29 is 18.3 Å². The Morgan fingerprint density at radius 3 is 2.84 bits per heavy atom. The molecule has 3 aromatic carbocycles. The fourth-order valence-corrected chi connectivity index (χ4v) is 5.03. The highest BCUT2D eigenvalue weighted by atomic mass is 32.1. The Kier molecular flexibility index (Phi) is 5.65. The van der Waals surface area contributed by atoms with Crippen molar-refractivity contribution in [1.82, 2.24) is 9.66 Å². The fraction of sp³-hybridized carbons (Fsp3) is 0.0741. The largest absolute Gasteiger partial charge is 0.482 e. The van der Waals surface area contributed by atoms with Gasteiger partial charge in [-0.25, -0.2) is 18.4 Å². The number of halogens is 2. The summed E-state index contributed by atoms with van der Waals surface area (Å²) < 4.78 is 34.9. The van der Waals surface area contributed by atoms with Gasteiger partial charge < -0.3 is 15.0 Å². The number of thiazole rings is 1. The van der Waals surface area contributed by atoms with Gasteiger partial charge in [0.25, 0.3) is 5.91 Å². The Morgan fingerprint density at radius 1 is 1.11 bits per heavy atom. The van der Waals surface area contributed by atoms with E-state index < -0.39 is 11.6 Å². The molecule has 0 unspecified atom stereocenters. The van der Waals surface area contributed by atoms with E-state index in [9.17, 15) is 13.6 Å². The molecule has 0 spiro atoms. The van der Waals surface area contributed by atoms with Crippen molar-refractivity contribution in [1.29, 1.82) is 0 Å². The Balaban J connectivity index is 1.52. The van der Waals surface area contributed by atoms with Gasteiger partial charge in [-0.1, -0.05) is 18.2 Å². The third-order valence-corrected chi connectivity index (χ3v) is 6.78. The van der Waals surface area contributed by atoms with Crippen LogP contribution in [0.25, 0.3) is 22.2 Å². The van der Waals surface area contributed by atoms with Crippen LogP contribution in [0.4, 0.5) is 20.2 Å². The van der Waals surface area contributed by atoms with E-state index in [-0.39, 0.29) is 18.2 Å². The van der Waals surface area contributed by atoms with Gasteiger partial charge in [-0.2, -0.15) is 5.10 Å². The van der Waals surface area contributed by atoms with Gasteiger partial charge in [0, 0.05) is 39.2 Å². The Morgan fingerprint density at radius 2 is 1.97 bits per heavy atom. The van der Waals surface area contributed by atoms with Gasteiger partial charge in [-0.15, -0.1) is 11.3 Å². The summed E-state index contributed by atoms with van der Waals surface area (Å²) >= 11 is 1.26. The highest BCUT2D eigenvalue weighted by Gasteiger charge is 2.18. The summed E-state index contributed by atoms with van der Waals surface area (Å²) in [5.74, 6) is -1.12. The molecule has 10 heteroatoms. The first kappa shape index (κ1) is 22.9. The summed E-state index contributed by atoms with van der Waals surface area (Å²) in [6.07, 6.45) is 1.73. The second-order valence-corrected chi connectivity index (χ2v) is 9.26. The molecule has 0 radical (unpaired) electrons. The lowest BCUT2D eigenvalue weighted by Gasteiger charge is -2.18. The van der Waals surface area contributed by atoms with E-state index in [0.717, 1.165) is 39.9 Å². The lowest BCUT2D eigenvalue weighted by molar-refractivity contribution is -0.118. The maximum Gasteiger partial charge on any atom is 0.262 e. The third-order valence-electron chi connectivity index (χ3n) is 5.97. The number of fused-ring (bicyclic) bond motifs is 2. The second-order valence-electron chi connectivity index (χ2n) is 8.42. The SMILES string of the molecule is Cc1[nH]c2ccccc2c1/C=N\n1c(-c2ccc3c(c2)NC(=O)CO3)csc1=Nc1ccc(F)cc1F. The van der Waals surface area contributed by atoms with E-state index in [0.29, 0.717) is 21.9 Å². The Labute approximate surface area is 213 Å². The van der Waals surface area contributed by atoms with Gasteiger partial charge in [-0.05, 0) is 43.3 Å². The molecule has 0 saturated heterocycles. The standard InChI is InChI=1S/C27H19F2N5O2S/c1-15-19(18-4-2-3-5-21(18)31-15)12-30-34-24(16-6-9-25-23(10-16)32-26(35)13-36-25)14-37-27(34)33-22-8-7-17(28)11-20(22)29/h2-12,14,31H,13H2,1H3,(H,32,35)/b30-12-,33-27?. The molecular formula is C27H19F2N5O2S. The first-order chi connectivity index (χ1) is 18.0. The lowest BCUT2D eigenvalue weighted by atomic mass is 10.1. The normalized spacial score (nSPS) is 13.7. The number of benzene rings is 3. The number of nitrogens with one attached hydrogen (secondary N) is 2.